The number of benzene rings is 2. The molecule has 2 rings (SSSR count). The molecule has 6 heteroatoms. The maximum Gasteiger partial charge on any atom is 0.302 e. The molecule has 0 aromatic heterocycles. The number of carbonyl (C=O) groups excluding carboxylic acids is 1. The van der Waals surface area contributed by atoms with Crippen LogP contribution >= 0.6 is 0 Å². The number of azo groups is 1. The van der Waals surface area contributed by atoms with Crippen molar-refractivity contribution in [1.82, 2.24) is 0 Å². The van der Waals surface area contributed by atoms with Gasteiger partial charge in [0.1, 0.15) is 6.61 Å². The molecule has 0 spiro atoms. The molecule has 4 N–H and O–H groups in total. The molecule has 0 aliphatic carbocycles. The molecular weight excluding hydrogens is 292 g/mol. The van der Waals surface area contributed by atoms with E-state index in [2.05, 4.69) is 10.2 Å². The first-order valence-electron chi connectivity index (χ1n) is 7.31. The van der Waals surface area contributed by atoms with E-state index in [1.807, 2.05) is 19.1 Å². The summed E-state index contributed by atoms with van der Waals surface area (Å²) >= 11 is 0. The van der Waals surface area contributed by atoms with Crippen molar-refractivity contribution in [1.29, 1.82) is 0 Å². The second kappa shape index (κ2) is 7.40. The fraction of sp³-hybridized carbons (Fsp3) is 0.235. The minimum atomic E-state index is -0.359. The first-order chi connectivity index (χ1) is 11.0. The Balaban J connectivity index is 2.30. The van der Waals surface area contributed by atoms with Crippen LogP contribution in [0.5, 0.6) is 0 Å². The highest BCUT2D eigenvalue weighted by molar-refractivity contribution is 5.66. The van der Waals surface area contributed by atoms with Gasteiger partial charge in [-0.2, -0.15) is 10.2 Å². The van der Waals surface area contributed by atoms with Crippen LogP contribution in [0.2, 0.25) is 0 Å². The van der Waals surface area contributed by atoms with Gasteiger partial charge in [0.25, 0.3) is 0 Å². The Morgan fingerprint density at radius 2 is 1.52 bits per heavy atom. The number of nitrogens with two attached hydrogens (primary N) is 2. The maximum atomic E-state index is 11.0. The minimum Gasteiger partial charge on any atom is -0.461 e. The highest BCUT2D eigenvalue weighted by atomic mass is 16.5. The Morgan fingerprint density at radius 1 is 1.00 bits per heavy atom. The highest BCUT2D eigenvalue weighted by Crippen LogP contribution is 2.28. The average Bonchev–Trinajstić information content (AvgIpc) is 2.52. The number of esters is 1. The molecule has 0 bridgehead atoms. The number of hydrogen-bond acceptors (Lipinski definition) is 6. The zero-order valence-corrected chi connectivity index (χ0v) is 13.2. The predicted molar refractivity (Wildman–Crippen MR) is 90.7 cm³/mol. The number of aryl methyl sites for hydroxylation is 1. The second-order valence-corrected chi connectivity index (χ2v) is 5.11. The van der Waals surface area contributed by atoms with Crippen molar-refractivity contribution >= 4 is 28.7 Å². The summed E-state index contributed by atoms with van der Waals surface area (Å²) in [6.07, 6.45) is 0.807. The molecule has 120 valence electrons. The van der Waals surface area contributed by atoms with Gasteiger partial charge in [-0.15, -0.1) is 0 Å². The molecule has 0 heterocycles. The number of ether oxygens (including phenoxy) is 1. The molecule has 0 aliphatic rings. The monoisotopic (exact) mass is 312 g/mol. The summed E-state index contributed by atoms with van der Waals surface area (Å²) in [6, 6.07) is 10.7. The van der Waals surface area contributed by atoms with Gasteiger partial charge in [-0.3, -0.25) is 4.79 Å². The van der Waals surface area contributed by atoms with Crippen LogP contribution in [0, 0.1) is 0 Å². The number of rotatable bonds is 5. The Hall–Kier alpha value is -2.89. The number of anilines is 2. The van der Waals surface area contributed by atoms with Gasteiger partial charge in [-0.25, -0.2) is 0 Å². The predicted octanol–water partition coefficient (Wildman–Crippen LogP) is 3.89. The van der Waals surface area contributed by atoms with Crippen LogP contribution in [0.25, 0.3) is 0 Å². The summed E-state index contributed by atoms with van der Waals surface area (Å²) in [7, 11) is 0. The molecule has 0 saturated heterocycles. The molecule has 23 heavy (non-hydrogen) atoms. The lowest BCUT2D eigenvalue weighted by Crippen LogP contribution is -1.99. The van der Waals surface area contributed by atoms with E-state index in [9.17, 15) is 4.79 Å². The summed E-state index contributed by atoms with van der Waals surface area (Å²) < 4.78 is 5.02. The molecule has 0 fully saturated rings. The van der Waals surface area contributed by atoms with E-state index in [4.69, 9.17) is 16.2 Å². The molecule has 6 nitrogen and oxygen atoms in total. The number of nitrogen functional groups attached to an aromatic ring is 2. The third kappa shape index (κ3) is 4.54. The van der Waals surface area contributed by atoms with Crippen molar-refractivity contribution in [2.75, 3.05) is 11.5 Å². The molecule has 0 unspecified atom stereocenters. The Kier molecular flexibility index (Phi) is 5.30. The Bertz CT molecular complexity index is 741. The molecule has 0 atom stereocenters. The van der Waals surface area contributed by atoms with Crippen LogP contribution in [0.15, 0.2) is 46.6 Å². The van der Waals surface area contributed by atoms with Crippen LogP contribution < -0.4 is 11.5 Å². The third-order valence-electron chi connectivity index (χ3n) is 3.28. The summed E-state index contributed by atoms with van der Waals surface area (Å²) in [5.74, 6) is -0.359. The zero-order valence-electron chi connectivity index (χ0n) is 13.2. The average molecular weight is 312 g/mol. The summed E-state index contributed by atoms with van der Waals surface area (Å²) in [5.41, 5.74) is 15.9. The number of carbonyl (C=O) groups is 1. The van der Waals surface area contributed by atoms with Crippen molar-refractivity contribution in [3.05, 3.63) is 47.5 Å². The topological polar surface area (TPSA) is 103 Å². The van der Waals surface area contributed by atoms with E-state index in [-0.39, 0.29) is 12.6 Å². The van der Waals surface area contributed by atoms with Gasteiger partial charge in [0.15, 0.2) is 0 Å². The van der Waals surface area contributed by atoms with Crippen LogP contribution in [0.3, 0.4) is 0 Å². The Morgan fingerprint density at radius 3 is 2.04 bits per heavy atom. The first-order valence-corrected chi connectivity index (χ1v) is 7.31. The lowest BCUT2D eigenvalue weighted by atomic mass is 10.1. The maximum absolute atomic E-state index is 11.0. The van der Waals surface area contributed by atoms with Crippen molar-refractivity contribution in [2.45, 2.75) is 26.9 Å². The fourth-order valence-electron chi connectivity index (χ4n) is 2.09. The van der Waals surface area contributed by atoms with Crippen LogP contribution in [-0.2, 0) is 22.6 Å². The third-order valence-corrected chi connectivity index (χ3v) is 3.28. The van der Waals surface area contributed by atoms with Crippen molar-refractivity contribution < 1.29 is 9.53 Å². The molecule has 0 aliphatic heterocycles. The van der Waals surface area contributed by atoms with Gasteiger partial charge in [0, 0.05) is 23.9 Å². The molecule has 2 aromatic rings. The lowest BCUT2D eigenvalue weighted by molar-refractivity contribution is -0.142. The molecule has 0 radical (unpaired) electrons. The number of hydrogen-bond donors (Lipinski definition) is 2. The normalized spacial score (nSPS) is 10.9. The summed E-state index contributed by atoms with van der Waals surface area (Å²) in [4.78, 5) is 11.0. The molecule has 0 amide bonds. The van der Waals surface area contributed by atoms with Gasteiger partial charge in [-0.05, 0) is 48.4 Å². The molecule has 2 aromatic carbocycles. The van der Waals surface area contributed by atoms with Crippen molar-refractivity contribution in [3.8, 4) is 0 Å². The van der Waals surface area contributed by atoms with E-state index in [0.717, 1.165) is 17.7 Å². The summed E-state index contributed by atoms with van der Waals surface area (Å²) in [6.45, 7) is 3.50. The largest absolute Gasteiger partial charge is 0.461 e. The summed E-state index contributed by atoms with van der Waals surface area (Å²) in [5, 5.41) is 8.57. The lowest BCUT2D eigenvalue weighted by Gasteiger charge is -2.07. The van der Waals surface area contributed by atoms with Gasteiger partial charge >= 0.3 is 5.97 Å². The second-order valence-electron chi connectivity index (χ2n) is 5.11. The smallest absolute Gasteiger partial charge is 0.302 e. The van der Waals surface area contributed by atoms with Gasteiger partial charge in [0.05, 0.1) is 11.4 Å². The van der Waals surface area contributed by atoms with Crippen LogP contribution in [0.1, 0.15) is 25.0 Å². The number of nitrogens with zero attached hydrogens (tertiary/aromatic N) is 2. The van der Waals surface area contributed by atoms with Crippen molar-refractivity contribution in [2.24, 2.45) is 10.2 Å². The quantitative estimate of drug-likeness (QED) is 0.496. The van der Waals surface area contributed by atoms with Gasteiger partial charge < -0.3 is 16.2 Å². The van der Waals surface area contributed by atoms with E-state index in [1.165, 1.54) is 6.92 Å². The molecule has 0 saturated carbocycles. The fourth-order valence-corrected chi connectivity index (χ4v) is 2.09. The zero-order chi connectivity index (χ0) is 16.8. The minimum absolute atomic E-state index is 0.108. The van der Waals surface area contributed by atoms with Crippen LogP contribution in [0.4, 0.5) is 22.7 Å². The SMILES string of the molecule is CCc1cc(N)ccc1N=Nc1ccc(N)cc1COC(C)=O. The van der Waals surface area contributed by atoms with Gasteiger partial charge in [-0.1, -0.05) is 6.92 Å². The van der Waals surface area contributed by atoms with E-state index in [0.29, 0.717) is 22.6 Å². The first kappa shape index (κ1) is 16.5. The van der Waals surface area contributed by atoms with E-state index >= 15 is 0 Å². The van der Waals surface area contributed by atoms with E-state index < -0.39 is 0 Å². The highest BCUT2D eigenvalue weighted by Gasteiger charge is 2.06. The Labute approximate surface area is 135 Å². The van der Waals surface area contributed by atoms with Crippen LogP contribution in [-0.4, -0.2) is 5.97 Å². The standard InChI is InChI=1S/C17H20N4O2/c1-3-12-8-14(18)4-6-16(12)20-21-17-7-5-15(19)9-13(17)10-23-11(2)22/h4-9H,3,10,18-19H2,1-2H3. The molecular formula is C17H20N4O2. The van der Waals surface area contributed by atoms with Gasteiger partial charge in [0.2, 0.25) is 0 Å². The van der Waals surface area contributed by atoms with Crippen molar-refractivity contribution in [3.63, 3.8) is 0 Å². The van der Waals surface area contributed by atoms with E-state index in [1.54, 1.807) is 24.3 Å².